The molecule has 1 rings (SSSR count). The summed E-state index contributed by atoms with van der Waals surface area (Å²) >= 11 is 5.90. The van der Waals surface area contributed by atoms with E-state index in [1.54, 1.807) is 12.1 Å². The number of aliphatic hydroxyl groups is 2. The van der Waals surface area contributed by atoms with Crippen molar-refractivity contribution in [3.05, 3.63) is 28.8 Å². The molecule has 1 unspecified atom stereocenters. The second-order valence-electron chi connectivity index (χ2n) is 3.57. The molecule has 0 saturated heterocycles. The van der Waals surface area contributed by atoms with Crippen LogP contribution in [0, 0.1) is 0 Å². The molecule has 0 aromatic heterocycles. The van der Waals surface area contributed by atoms with E-state index in [9.17, 15) is 4.79 Å². The molecule has 0 saturated carbocycles. The summed E-state index contributed by atoms with van der Waals surface area (Å²) < 4.78 is 10.4. The zero-order valence-electron chi connectivity index (χ0n) is 9.71. The van der Waals surface area contributed by atoms with Crippen LogP contribution in [0.25, 0.3) is 0 Å². The molecule has 0 spiro atoms. The predicted octanol–water partition coefficient (Wildman–Crippen LogP) is 0.901. The Hall–Kier alpha value is -1.14. The average Bonchev–Trinajstić information content (AvgIpc) is 2.39. The number of aldehydes is 1. The van der Waals surface area contributed by atoms with Crippen molar-refractivity contribution in [2.45, 2.75) is 6.10 Å². The van der Waals surface area contributed by atoms with Crippen LogP contribution in [-0.4, -0.2) is 49.0 Å². The summed E-state index contributed by atoms with van der Waals surface area (Å²) in [5.41, 5.74) is 0.481. The molecule has 0 radical (unpaired) electrons. The van der Waals surface area contributed by atoms with E-state index in [-0.39, 0.29) is 26.4 Å². The topological polar surface area (TPSA) is 76.0 Å². The highest BCUT2D eigenvalue weighted by Crippen LogP contribution is 2.24. The maximum Gasteiger partial charge on any atom is 0.150 e. The fourth-order valence-corrected chi connectivity index (χ4v) is 1.43. The van der Waals surface area contributed by atoms with Gasteiger partial charge in [-0.05, 0) is 18.2 Å². The lowest BCUT2D eigenvalue weighted by molar-refractivity contribution is -0.00137. The Labute approximate surface area is 110 Å². The molecule has 1 atom stereocenters. The van der Waals surface area contributed by atoms with E-state index in [1.165, 1.54) is 6.07 Å². The third-order valence-electron chi connectivity index (χ3n) is 2.10. The first-order valence-corrected chi connectivity index (χ1v) is 5.79. The molecule has 0 fully saturated rings. The van der Waals surface area contributed by atoms with Gasteiger partial charge in [-0.25, -0.2) is 0 Å². The largest absolute Gasteiger partial charge is 0.490 e. The highest BCUT2D eigenvalue weighted by molar-refractivity contribution is 6.32. The van der Waals surface area contributed by atoms with Crippen LogP contribution in [0.3, 0.4) is 0 Å². The smallest absolute Gasteiger partial charge is 0.150 e. The molecule has 5 nitrogen and oxygen atoms in total. The van der Waals surface area contributed by atoms with Crippen molar-refractivity contribution in [2.24, 2.45) is 0 Å². The number of ether oxygens (including phenoxy) is 2. The van der Waals surface area contributed by atoms with E-state index in [0.29, 0.717) is 22.6 Å². The van der Waals surface area contributed by atoms with Gasteiger partial charge in [-0.3, -0.25) is 4.79 Å². The van der Waals surface area contributed by atoms with E-state index in [0.717, 1.165) is 0 Å². The second kappa shape index (κ2) is 8.05. The minimum Gasteiger partial charge on any atom is -0.490 e. The van der Waals surface area contributed by atoms with Crippen molar-refractivity contribution in [1.29, 1.82) is 0 Å². The Morgan fingerprint density at radius 2 is 2.17 bits per heavy atom. The summed E-state index contributed by atoms with van der Waals surface area (Å²) in [5, 5.41) is 17.9. The summed E-state index contributed by atoms with van der Waals surface area (Å²) in [4.78, 5) is 10.5. The van der Waals surface area contributed by atoms with E-state index >= 15 is 0 Å². The zero-order valence-corrected chi connectivity index (χ0v) is 10.5. The first-order valence-electron chi connectivity index (χ1n) is 5.41. The van der Waals surface area contributed by atoms with Crippen LogP contribution in [0.15, 0.2) is 18.2 Å². The molecule has 18 heavy (non-hydrogen) atoms. The van der Waals surface area contributed by atoms with Gasteiger partial charge in [0.15, 0.2) is 0 Å². The van der Waals surface area contributed by atoms with Gasteiger partial charge in [0.2, 0.25) is 0 Å². The fourth-order valence-electron chi connectivity index (χ4n) is 1.19. The second-order valence-corrected chi connectivity index (χ2v) is 3.97. The Morgan fingerprint density at radius 3 is 2.78 bits per heavy atom. The standard InChI is InChI=1S/C12H15ClO5/c13-11-5-9(6-14)1-2-12(11)18-4-3-17-8-10(16)7-15/h1-2,5-6,10,15-16H,3-4,7-8H2. The minimum absolute atomic E-state index is 0.0532. The van der Waals surface area contributed by atoms with Crippen molar-refractivity contribution in [1.82, 2.24) is 0 Å². The van der Waals surface area contributed by atoms with Crippen molar-refractivity contribution >= 4 is 17.9 Å². The lowest BCUT2D eigenvalue weighted by atomic mass is 10.2. The van der Waals surface area contributed by atoms with E-state index in [4.69, 9.17) is 31.3 Å². The van der Waals surface area contributed by atoms with Gasteiger partial charge in [-0.15, -0.1) is 0 Å². The molecule has 2 N–H and O–H groups in total. The average molecular weight is 275 g/mol. The van der Waals surface area contributed by atoms with Gasteiger partial charge in [-0.2, -0.15) is 0 Å². The summed E-state index contributed by atoms with van der Waals surface area (Å²) in [6.45, 7) is 0.249. The lowest BCUT2D eigenvalue weighted by Gasteiger charge is -2.10. The summed E-state index contributed by atoms with van der Waals surface area (Å²) in [6, 6.07) is 4.72. The quantitative estimate of drug-likeness (QED) is 0.544. The van der Waals surface area contributed by atoms with Crippen molar-refractivity contribution < 1.29 is 24.5 Å². The molecule has 0 aliphatic rings. The minimum atomic E-state index is -0.875. The molecule has 1 aromatic rings. The molecule has 6 heteroatoms. The lowest BCUT2D eigenvalue weighted by Crippen LogP contribution is -2.21. The van der Waals surface area contributed by atoms with Crippen LogP contribution in [0.2, 0.25) is 5.02 Å². The van der Waals surface area contributed by atoms with E-state index in [1.807, 2.05) is 0 Å². The van der Waals surface area contributed by atoms with Gasteiger partial charge < -0.3 is 19.7 Å². The van der Waals surface area contributed by atoms with Gasteiger partial charge >= 0.3 is 0 Å². The van der Waals surface area contributed by atoms with Crippen LogP contribution in [0.1, 0.15) is 10.4 Å². The Bertz CT molecular complexity index is 383. The van der Waals surface area contributed by atoms with E-state index < -0.39 is 6.10 Å². The third kappa shape index (κ3) is 5.01. The number of aliphatic hydroxyl groups excluding tert-OH is 2. The van der Waals surface area contributed by atoms with Crippen LogP contribution >= 0.6 is 11.6 Å². The van der Waals surface area contributed by atoms with Crippen molar-refractivity contribution in [3.63, 3.8) is 0 Å². The molecule has 1 aromatic carbocycles. The van der Waals surface area contributed by atoms with Gasteiger partial charge in [-0.1, -0.05) is 11.6 Å². The number of benzene rings is 1. The van der Waals surface area contributed by atoms with Crippen molar-refractivity contribution in [3.8, 4) is 5.75 Å². The molecule has 0 amide bonds. The zero-order chi connectivity index (χ0) is 13.4. The highest BCUT2D eigenvalue weighted by Gasteiger charge is 2.04. The molecular weight excluding hydrogens is 260 g/mol. The number of halogens is 1. The molecule has 0 bridgehead atoms. The fraction of sp³-hybridized carbons (Fsp3) is 0.417. The van der Waals surface area contributed by atoms with Gasteiger partial charge in [0, 0.05) is 5.56 Å². The Morgan fingerprint density at radius 1 is 1.39 bits per heavy atom. The highest BCUT2D eigenvalue weighted by atomic mass is 35.5. The van der Waals surface area contributed by atoms with E-state index in [2.05, 4.69) is 0 Å². The molecule has 0 aliphatic carbocycles. The van der Waals surface area contributed by atoms with Gasteiger partial charge in [0.25, 0.3) is 0 Å². The Balaban J connectivity index is 2.29. The SMILES string of the molecule is O=Cc1ccc(OCCOCC(O)CO)c(Cl)c1. The van der Waals surface area contributed by atoms with Crippen LogP contribution in [-0.2, 0) is 4.74 Å². The number of hydrogen-bond donors (Lipinski definition) is 2. The van der Waals surface area contributed by atoms with Crippen LogP contribution in [0.5, 0.6) is 5.75 Å². The maximum absolute atomic E-state index is 10.5. The maximum atomic E-state index is 10.5. The summed E-state index contributed by atoms with van der Waals surface area (Å²) in [7, 11) is 0. The Kier molecular flexibility index (Phi) is 6.67. The predicted molar refractivity (Wildman–Crippen MR) is 66.2 cm³/mol. The number of carbonyl (C=O) groups excluding carboxylic acids is 1. The van der Waals surface area contributed by atoms with Crippen LogP contribution in [0.4, 0.5) is 0 Å². The normalized spacial score (nSPS) is 12.2. The first-order chi connectivity index (χ1) is 8.67. The molecule has 0 heterocycles. The summed E-state index contributed by atoms with van der Waals surface area (Å²) in [6.07, 6.45) is -0.171. The van der Waals surface area contributed by atoms with Gasteiger partial charge in [0.1, 0.15) is 24.7 Å². The van der Waals surface area contributed by atoms with Crippen molar-refractivity contribution in [2.75, 3.05) is 26.4 Å². The van der Waals surface area contributed by atoms with Gasteiger partial charge in [0.05, 0.1) is 24.8 Å². The monoisotopic (exact) mass is 274 g/mol. The molecule has 0 aliphatic heterocycles. The third-order valence-corrected chi connectivity index (χ3v) is 2.39. The molecular formula is C12H15ClO5. The van der Waals surface area contributed by atoms with Crippen LogP contribution < -0.4 is 4.74 Å². The number of rotatable bonds is 8. The summed E-state index contributed by atoms with van der Waals surface area (Å²) in [5.74, 6) is 0.466. The molecule has 100 valence electrons. The number of carbonyl (C=O) groups is 1. The number of hydrogen-bond acceptors (Lipinski definition) is 5. The first kappa shape index (κ1) is 14.9.